The highest BCUT2D eigenvalue weighted by molar-refractivity contribution is 5.76. The van der Waals surface area contributed by atoms with Crippen LogP contribution in [0.4, 0.5) is 15.3 Å². The lowest BCUT2D eigenvalue weighted by Gasteiger charge is -2.42. The lowest BCUT2D eigenvalue weighted by atomic mass is 9.74. The average molecular weight is 483 g/mol. The molecule has 2 aliphatic rings. The lowest BCUT2D eigenvalue weighted by Crippen LogP contribution is -2.48. The van der Waals surface area contributed by atoms with Crippen LogP contribution in [0.1, 0.15) is 82.8 Å². The Kier molecular flexibility index (Phi) is 7.38. The summed E-state index contributed by atoms with van der Waals surface area (Å²) in [7, 11) is 0. The smallest absolute Gasteiger partial charge is 0.435 e. The number of fused-ring (bicyclic) bond motifs is 1. The highest BCUT2D eigenvalue weighted by Crippen LogP contribution is 2.43. The summed E-state index contributed by atoms with van der Waals surface area (Å²) >= 11 is 0. The van der Waals surface area contributed by atoms with Crippen molar-refractivity contribution in [3.63, 3.8) is 0 Å². The van der Waals surface area contributed by atoms with E-state index in [1.165, 1.54) is 23.9 Å². The van der Waals surface area contributed by atoms with E-state index in [1.807, 2.05) is 58.0 Å². The molecular weight excluding hydrogens is 444 g/mol. The number of aryl methyl sites for hydroxylation is 1. The Hall–Kier alpha value is -3.03. The summed E-state index contributed by atoms with van der Waals surface area (Å²) in [5.41, 5.74) is 2.38. The van der Waals surface area contributed by atoms with Gasteiger partial charge < -0.3 is 20.1 Å². The SMILES string of the molecule is Cc1nn(C(=O)OC(C)(C)C)c2c1NC(C1CCCCC1)C(C)C2NC(=O)OCc1ccccc1. The minimum atomic E-state index is -0.667. The number of aromatic nitrogens is 2. The second-order valence-corrected chi connectivity index (χ2v) is 10.8. The molecular formula is C27H38N4O4. The van der Waals surface area contributed by atoms with Gasteiger partial charge in [0.05, 0.1) is 23.1 Å². The molecule has 2 heterocycles. The van der Waals surface area contributed by atoms with Crippen LogP contribution in [0.15, 0.2) is 30.3 Å². The zero-order chi connectivity index (χ0) is 25.2. The van der Waals surface area contributed by atoms with E-state index < -0.39 is 23.8 Å². The van der Waals surface area contributed by atoms with E-state index in [0.717, 1.165) is 24.1 Å². The summed E-state index contributed by atoms with van der Waals surface area (Å²) in [6.07, 6.45) is 4.94. The van der Waals surface area contributed by atoms with Gasteiger partial charge in [0.25, 0.3) is 0 Å². The Morgan fingerprint density at radius 3 is 2.49 bits per heavy atom. The maximum Gasteiger partial charge on any atom is 0.435 e. The molecule has 4 rings (SSSR count). The molecule has 35 heavy (non-hydrogen) atoms. The Labute approximate surface area is 207 Å². The minimum absolute atomic E-state index is 0.0205. The van der Waals surface area contributed by atoms with Crippen LogP contribution in [0.3, 0.4) is 0 Å². The predicted molar refractivity (Wildman–Crippen MR) is 134 cm³/mol. The molecule has 1 aliphatic carbocycles. The largest absolute Gasteiger partial charge is 0.445 e. The van der Waals surface area contributed by atoms with E-state index in [1.54, 1.807) is 0 Å². The van der Waals surface area contributed by atoms with Crippen molar-refractivity contribution in [2.75, 3.05) is 5.32 Å². The van der Waals surface area contributed by atoms with Crippen molar-refractivity contribution in [3.05, 3.63) is 47.3 Å². The second-order valence-electron chi connectivity index (χ2n) is 10.8. The van der Waals surface area contributed by atoms with Crippen molar-refractivity contribution in [3.8, 4) is 0 Å². The fourth-order valence-electron chi connectivity index (χ4n) is 5.34. The van der Waals surface area contributed by atoms with Crippen LogP contribution >= 0.6 is 0 Å². The molecule has 0 radical (unpaired) electrons. The summed E-state index contributed by atoms with van der Waals surface area (Å²) < 4.78 is 12.5. The van der Waals surface area contributed by atoms with E-state index in [9.17, 15) is 9.59 Å². The van der Waals surface area contributed by atoms with Crippen LogP contribution in [0.5, 0.6) is 0 Å². The number of carbonyl (C=O) groups excluding carboxylic acids is 2. The van der Waals surface area contributed by atoms with Crippen molar-refractivity contribution >= 4 is 17.9 Å². The molecule has 2 aromatic rings. The molecule has 0 bridgehead atoms. The van der Waals surface area contributed by atoms with Crippen LogP contribution in [-0.4, -0.2) is 33.6 Å². The predicted octanol–water partition coefficient (Wildman–Crippen LogP) is 5.95. The van der Waals surface area contributed by atoms with Gasteiger partial charge in [-0.1, -0.05) is 56.5 Å². The maximum absolute atomic E-state index is 13.1. The van der Waals surface area contributed by atoms with Crippen LogP contribution in [0, 0.1) is 18.8 Å². The molecule has 1 amide bonds. The Morgan fingerprint density at radius 1 is 1.14 bits per heavy atom. The summed E-state index contributed by atoms with van der Waals surface area (Å²) in [4.78, 5) is 26.0. The van der Waals surface area contributed by atoms with Crippen molar-refractivity contribution < 1.29 is 19.1 Å². The molecule has 2 N–H and O–H groups in total. The lowest BCUT2D eigenvalue weighted by molar-refractivity contribution is 0.0499. The van der Waals surface area contributed by atoms with Crippen molar-refractivity contribution in [1.82, 2.24) is 15.1 Å². The number of rotatable bonds is 4. The second kappa shape index (κ2) is 10.3. The first-order chi connectivity index (χ1) is 16.6. The van der Waals surface area contributed by atoms with E-state index in [2.05, 4.69) is 22.7 Å². The van der Waals surface area contributed by atoms with Gasteiger partial charge in [-0.25, -0.2) is 9.59 Å². The van der Waals surface area contributed by atoms with Gasteiger partial charge in [0.15, 0.2) is 0 Å². The normalized spacial score (nSPS) is 22.6. The number of ether oxygens (including phenoxy) is 2. The van der Waals surface area contributed by atoms with E-state index >= 15 is 0 Å². The van der Waals surface area contributed by atoms with Crippen LogP contribution in [0.2, 0.25) is 0 Å². The molecule has 8 nitrogen and oxygen atoms in total. The van der Waals surface area contributed by atoms with Gasteiger partial charge >= 0.3 is 12.2 Å². The summed E-state index contributed by atoms with van der Waals surface area (Å²) in [6, 6.07) is 9.29. The first-order valence-electron chi connectivity index (χ1n) is 12.7. The molecule has 3 unspecified atom stereocenters. The molecule has 1 saturated carbocycles. The third-order valence-electron chi connectivity index (χ3n) is 7.00. The van der Waals surface area contributed by atoms with Gasteiger partial charge in [-0.05, 0) is 52.0 Å². The van der Waals surface area contributed by atoms with E-state index in [4.69, 9.17) is 9.47 Å². The molecule has 190 valence electrons. The third-order valence-corrected chi connectivity index (χ3v) is 7.00. The fourth-order valence-corrected chi connectivity index (χ4v) is 5.34. The van der Waals surface area contributed by atoms with Gasteiger partial charge in [0, 0.05) is 12.0 Å². The first-order valence-corrected chi connectivity index (χ1v) is 12.7. The number of hydrogen-bond acceptors (Lipinski definition) is 6. The topological polar surface area (TPSA) is 94.5 Å². The summed E-state index contributed by atoms with van der Waals surface area (Å²) in [6.45, 7) is 9.65. The molecule has 0 saturated heterocycles. The van der Waals surface area contributed by atoms with Gasteiger partial charge in [0.2, 0.25) is 0 Å². The monoisotopic (exact) mass is 482 g/mol. The summed E-state index contributed by atoms with van der Waals surface area (Å²) in [5, 5.41) is 11.3. The molecule has 1 aromatic carbocycles. The van der Waals surface area contributed by atoms with Crippen LogP contribution in [-0.2, 0) is 16.1 Å². The van der Waals surface area contributed by atoms with Crippen molar-refractivity contribution in [2.45, 2.75) is 91.0 Å². The number of amides is 1. The number of carbonyl (C=O) groups is 2. The molecule has 1 aliphatic heterocycles. The number of nitrogens with one attached hydrogen (secondary N) is 2. The maximum atomic E-state index is 13.1. The summed E-state index contributed by atoms with van der Waals surface area (Å²) in [5.74, 6) is 0.521. The number of alkyl carbamates (subject to hydrolysis) is 1. The van der Waals surface area contributed by atoms with Crippen LogP contribution in [0.25, 0.3) is 0 Å². The van der Waals surface area contributed by atoms with Crippen molar-refractivity contribution in [2.24, 2.45) is 11.8 Å². The number of benzene rings is 1. The van der Waals surface area contributed by atoms with Gasteiger partial charge in [-0.2, -0.15) is 9.78 Å². The highest BCUT2D eigenvalue weighted by Gasteiger charge is 2.43. The van der Waals surface area contributed by atoms with E-state index in [-0.39, 0.29) is 18.6 Å². The fraction of sp³-hybridized carbons (Fsp3) is 0.593. The Balaban J connectivity index is 1.63. The van der Waals surface area contributed by atoms with Crippen LogP contribution < -0.4 is 10.6 Å². The number of nitrogens with zero attached hydrogens (tertiary/aromatic N) is 2. The zero-order valence-electron chi connectivity index (χ0n) is 21.5. The molecule has 3 atom stereocenters. The third kappa shape index (κ3) is 5.80. The first kappa shape index (κ1) is 25.1. The Bertz CT molecular complexity index is 1040. The van der Waals surface area contributed by atoms with Gasteiger partial charge in [-0.15, -0.1) is 0 Å². The molecule has 1 fully saturated rings. The zero-order valence-corrected chi connectivity index (χ0v) is 21.5. The highest BCUT2D eigenvalue weighted by atomic mass is 16.6. The average Bonchev–Trinajstić information content (AvgIpc) is 3.16. The van der Waals surface area contributed by atoms with Gasteiger partial charge in [-0.3, -0.25) is 0 Å². The molecule has 0 spiro atoms. The number of hydrogen-bond donors (Lipinski definition) is 2. The minimum Gasteiger partial charge on any atom is -0.445 e. The molecule has 1 aromatic heterocycles. The molecule has 8 heteroatoms. The Morgan fingerprint density at radius 2 is 1.83 bits per heavy atom. The quantitative estimate of drug-likeness (QED) is 0.559. The number of anilines is 1. The van der Waals surface area contributed by atoms with Crippen molar-refractivity contribution in [1.29, 1.82) is 0 Å². The van der Waals surface area contributed by atoms with E-state index in [0.29, 0.717) is 17.3 Å². The van der Waals surface area contributed by atoms with Gasteiger partial charge in [0.1, 0.15) is 12.2 Å². The standard InChI is InChI=1S/C27H38N4O4/c1-17-21(20-14-10-7-11-15-20)28-23-18(2)30-31(26(33)35-27(3,4)5)24(23)22(17)29-25(32)34-16-19-12-8-6-9-13-19/h6,8-9,12-13,17,20-22,28H,7,10-11,14-16H2,1-5H3,(H,29,32).